The van der Waals surface area contributed by atoms with Gasteiger partial charge in [-0.2, -0.15) is 0 Å². The summed E-state index contributed by atoms with van der Waals surface area (Å²) in [4.78, 5) is 0. The number of ether oxygens (including phenoxy) is 3. The van der Waals surface area contributed by atoms with Crippen LogP contribution in [0.1, 0.15) is 12.5 Å². The maximum absolute atomic E-state index is 5.83. The van der Waals surface area contributed by atoms with Crippen LogP contribution in [0.5, 0.6) is 11.5 Å². The summed E-state index contributed by atoms with van der Waals surface area (Å²) < 4.78 is 21.7. The average Bonchev–Trinajstić information content (AvgIpc) is 3.03. The van der Waals surface area contributed by atoms with Crippen molar-refractivity contribution in [2.24, 2.45) is 0 Å². The van der Waals surface area contributed by atoms with Crippen molar-refractivity contribution < 1.29 is 18.6 Å². The summed E-state index contributed by atoms with van der Waals surface area (Å²) in [6.45, 7) is 2.20. The van der Waals surface area contributed by atoms with Crippen LogP contribution in [0, 0.1) is 0 Å². The van der Waals surface area contributed by atoms with E-state index in [0.29, 0.717) is 11.5 Å². The van der Waals surface area contributed by atoms with E-state index in [1.807, 2.05) is 31.2 Å². The van der Waals surface area contributed by atoms with Crippen molar-refractivity contribution in [3.05, 3.63) is 54.3 Å². The first kappa shape index (κ1) is 16.1. The number of rotatable bonds is 6. The number of benzene rings is 2. The summed E-state index contributed by atoms with van der Waals surface area (Å²) in [6.07, 6.45) is 5.85. The molecule has 0 fully saturated rings. The molecule has 1 aromatic heterocycles. The van der Waals surface area contributed by atoms with Crippen LogP contribution >= 0.6 is 0 Å². The molecule has 0 aliphatic rings. The number of methoxy groups -OCH3 is 2. The molecule has 3 rings (SSSR count). The van der Waals surface area contributed by atoms with Gasteiger partial charge in [-0.15, -0.1) is 0 Å². The Bertz CT molecular complexity index is 861. The summed E-state index contributed by atoms with van der Waals surface area (Å²) in [6, 6.07) is 11.9. The van der Waals surface area contributed by atoms with Gasteiger partial charge in [-0.1, -0.05) is 18.2 Å². The summed E-state index contributed by atoms with van der Waals surface area (Å²) in [5.41, 5.74) is 2.03. The van der Waals surface area contributed by atoms with Gasteiger partial charge in [0, 0.05) is 23.9 Å². The molecule has 124 valence electrons. The Morgan fingerprint density at radius 1 is 1.08 bits per heavy atom. The molecule has 0 bridgehead atoms. The molecule has 0 radical (unpaired) electrons. The maximum atomic E-state index is 5.83. The van der Waals surface area contributed by atoms with Crippen molar-refractivity contribution in [2.45, 2.75) is 6.92 Å². The fraction of sp³-hybridized carbons (Fsp3) is 0.200. The number of allylic oxidation sites excluding steroid dienone is 1. The van der Waals surface area contributed by atoms with Gasteiger partial charge in [0.05, 0.1) is 18.9 Å². The van der Waals surface area contributed by atoms with Gasteiger partial charge in [0.2, 0.25) is 0 Å². The predicted octanol–water partition coefficient (Wildman–Crippen LogP) is 5.12. The van der Waals surface area contributed by atoms with Crippen molar-refractivity contribution >= 4 is 16.8 Å². The lowest BCUT2D eigenvalue weighted by Crippen LogP contribution is -1.99. The number of fused-ring (bicyclic) bond motifs is 1. The van der Waals surface area contributed by atoms with E-state index in [0.717, 1.165) is 27.7 Å². The van der Waals surface area contributed by atoms with Crippen LogP contribution < -0.4 is 9.47 Å². The molecule has 24 heavy (non-hydrogen) atoms. The highest BCUT2D eigenvalue weighted by molar-refractivity contribution is 5.96. The summed E-state index contributed by atoms with van der Waals surface area (Å²) in [5.74, 6) is 2.16. The fourth-order valence-electron chi connectivity index (χ4n) is 2.65. The van der Waals surface area contributed by atoms with Gasteiger partial charge in [-0.25, -0.2) is 0 Å². The standard InChI is InChI=1S/C20H20O4/c1-4-5-14-6-8-17-15(10-14)12-23-20(17)18-9-7-16(24-13-21-2)11-19(18)22-3/h4-12H,13H2,1-3H3. The maximum Gasteiger partial charge on any atom is 0.188 e. The lowest BCUT2D eigenvalue weighted by atomic mass is 10.0. The van der Waals surface area contributed by atoms with E-state index >= 15 is 0 Å². The lowest BCUT2D eigenvalue weighted by Gasteiger charge is -2.10. The van der Waals surface area contributed by atoms with Gasteiger partial charge in [-0.05, 0) is 36.8 Å². The van der Waals surface area contributed by atoms with Crippen molar-refractivity contribution in [1.29, 1.82) is 0 Å². The van der Waals surface area contributed by atoms with Gasteiger partial charge in [-0.3, -0.25) is 0 Å². The molecule has 0 saturated carbocycles. The summed E-state index contributed by atoms with van der Waals surface area (Å²) in [5, 5.41) is 2.11. The van der Waals surface area contributed by atoms with Gasteiger partial charge in [0.1, 0.15) is 17.3 Å². The quantitative estimate of drug-likeness (QED) is 0.590. The van der Waals surface area contributed by atoms with E-state index in [9.17, 15) is 0 Å². The van der Waals surface area contributed by atoms with Gasteiger partial charge in [0.25, 0.3) is 0 Å². The third-order valence-electron chi connectivity index (χ3n) is 3.74. The second-order valence-corrected chi connectivity index (χ2v) is 5.32. The molecule has 0 saturated heterocycles. The number of furan rings is 1. The monoisotopic (exact) mass is 324 g/mol. The van der Waals surface area contributed by atoms with Crippen molar-refractivity contribution in [1.82, 2.24) is 0 Å². The van der Waals surface area contributed by atoms with Crippen LogP contribution in [0.3, 0.4) is 0 Å². The molecule has 0 N–H and O–H groups in total. The first-order valence-corrected chi connectivity index (χ1v) is 7.71. The summed E-state index contributed by atoms with van der Waals surface area (Å²) in [7, 11) is 3.22. The smallest absolute Gasteiger partial charge is 0.188 e. The normalized spacial score (nSPS) is 11.3. The van der Waals surface area contributed by atoms with Crippen LogP contribution in [0.15, 0.2) is 53.2 Å². The minimum Gasteiger partial charge on any atom is -0.496 e. The zero-order chi connectivity index (χ0) is 16.9. The van der Waals surface area contributed by atoms with Gasteiger partial charge >= 0.3 is 0 Å². The minimum absolute atomic E-state index is 0.194. The largest absolute Gasteiger partial charge is 0.496 e. The summed E-state index contributed by atoms with van der Waals surface area (Å²) >= 11 is 0. The van der Waals surface area contributed by atoms with Crippen molar-refractivity contribution in [3.8, 4) is 22.8 Å². The van der Waals surface area contributed by atoms with Crippen LogP contribution in [-0.2, 0) is 4.74 Å². The Kier molecular flexibility index (Phi) is 4.87. The number of hydrogen-bond donors (Lipinski definition) is 0. The Labute approximate surface area is 141 Å². The molecular formula is C20H20O4. The molecule has 4 heteroatoms. The predicted molar refractivity (Wildman–Crippen MR) is 95.4 cm³/mol. The highest BCUT2D eigenvalue weighted by Gasteiger charge is 2.14. The third kappa shape index (κ3) is 3.14. The molecule has 4 nitrogen and oxygen atoms in total. The first-order valence-electron chi connectivity index (χ1n) is 7.71. The Balaban J connectivity index is 2.03. The van der Waals surface area contributed by atoms with E-state index < -0.39 is 0 Å². The Morgan fingerprint density at radius 3 is 2.71 bits per heavy atom. The minimum atomic E-state index is 0.194. The second-order valence-electron chi connectivity index (χ2n) is 5.32. The van der Waals surface area contributed by atoms with Crippen LogP contribution in [0.2, 0.25) is 0 Å². The molecule has 0 amide bonds. The molecular weight excluding hydrogens is 304 g/mol. The zero-order valence-electron chi connectivity index (χ0n) is 14.0. The topological polar surface area (TPSA) is 40.8 Å². The van der Waals surface area contributed by atoms with E-state index in [1.165, 1.54) is 0 Å². The fourth-order valence-corrected chi connectivity index (χ4v) is 2.65. The van der Waals surface area contributed by atoms with Gasteiger partial charge < -0.3 is 18.6 Å². The molecule has 1 heterocycles. The van der Waals surface area contributed by atoms with Crippen LogP contribution in [0.25, 0.3) is 28.2 Å². The van der Waals surface area contributed by atoms with Crippen molar-refractivity contribution in [2.75, 3.05) is 21.0 Å². The Morgan fingerprint density at radius 2 is 1.96 bits per heavy atom. The second kappa shape index (κ2) is 7.23. The zero-order valence-corrected chi connectivity index (χ0v) is 14.0. The van der Waals surface area contributed by atoms with E-state index in [2.05, 4.69) is 24.3 Å². The molecule has 2 aromatic carbocycles. The van der Waals surface area contributed by atoms with Gasteiger partial charge in [0.15, 0.2) is 6.79 Å². The SMILES string of the molecule is CC=Cc1ccc2c(-c3ccc(OCOC)cc3OC)occ2c1. The molecule has 3 aromatic rings. The first-order chi connectivity index (χ1) is 11.8. The Hall–Kier alpha value is -2.72. The molecule has 0 unspecified atom stereocenters. The highest BCUT2D eigenvalue weighted by atomic mass is 16.7. The van der Waals surface area contributed by atoms with E-state index in [-0.39, 0.29) is 6.79 Å². The molecule has 0 spiro atoms. The molecule has 0 aliphatic heterocycles. The van der Waals surface area contributed by atoms with Crippen molar-refractivity contribution in [3.63, 3.8) is 0 Å². The van der Waals surface area contributed by atoms with Crippen LogP contribution in [0.4, 0.5) is 0 Å². The average molecular weight is 324 g/mol. The lowest BCUT2D eigenvalue weighted by molar-refractivity contribution is 0.0510. The molecule has 0 atom stereocenters. The van der Waals surface area contributed by atoms with E-state index in [1.54, 1.807) is 20.5 Å². The molecule has 0 aliphatic carbocycles. The van der Waals surface area contributed by atoms with Crippen LogP contribution in [-0.4, -0.2) is 21.0 Å². The number of hydrogen-bond acceptors (Lipinski definition) is 4. The van der Waals surface area contributed by atoms with E-state index in [4.69, 9.17) is 18.6 Å². The highest BCUT2D eigenvalue weighted by Crippen LogP contribution is 2.38. The third-order valence-corrected chi connectivity index (χ3v) is 3.74.